The first kappa shape index (κ1) is 23.9. The van der Waals surface area contributed by atoms with Crippen LogP contribution in [0.3, 0.4) is 0 Å². The Morgan fingerprint density at radius 3 is 2.55 bits per heavy atom. The van der Waals surface area contributed by atoms with Crippen molar-refractivity contribution in [2.45, 2.75) is 29.9 Å². The van der Waals surface area contributed by atoms with E-state index in [0.717, 1.165) is 49.3 Å². The molecule has 2 aromatic carbocycles. The van der Waals surface area contributed by atoms with E-state index in [0.29, 0.717) is 19.2 Å². The predicted molar refractivity (Wildman–Crippen MR) is 124 cm³/mol. The summed E-state index contributed by atoms with van der Waals surface area (Å²) in [4.78, 5) is 14.7. The van der Waals surface area contributed by atoms with Crippen molar-refractivity contribution >= 4 is 33.1 Å². The van der Waals surface area contributed by atoms with Gasteiger partial charge in [0, 0.05) is 55.1 Å². The molecule has 2 aliphatic heterocycles. The molecular formula is C22H26ClN3O6S. The van der Waals surface area contributed by atoms with Gasteiger partial charge >= 0.3 is 0 Å². The molecule has 178 valence electrons. The van der Waals surface area contributed by atoms with E-state index in [1.807, 2.05) is 24.3 Å². The quantitative estimate of drug-likeness (QED) is 0.327. The fourth-order valence-corrected chi connectivity index (χ4v) is 5.41. The number of anilines is 1. The lowest BCUT2D eigenvalue weighted by Gasteiger charge is -2.42. The van der Waals surface area contributed by atoms with Crippen LogP contribution in [0.2, 0.25) is 5.02 Å². The monoisotopic (exact) mass is 495 g/mol. The minimum Gasteiger partial charge on any atom is -0.373 e. The van der Waals surface area contributed by atoms with Crippen LogP contribution in [0.4, 0.5) is 11.4 Å². The van der Waals surface area contributed by atoms with Crippen LogP contribution in [0.25, 0.3) is 0 Å². The van der Waals surface area contributed by atoms with Gasteiger partial charge in [0.1, 0.15) is 4.90 Å². The van der Waals surface area contributed by atoms with Crippen LogP contribution < -0.4 is 4.90 Å². The molecule has 2 fully saturated rings. The number of non-ortho nitro benzene ring substituents is 1. The Morgan fingerprint density at radius 2 is 1.85 bits per heavy atom. The van der Waals surface area contributed by atoms with Crippen molar-refractivity contribution in [3.63, 3.8) is 0 Å². The molecule has 0 aliphatic carbocycles. The maximum Gasteiger partial charge on any atom is 0.297 e. The maximum atomic E-state index is 12.5. The highest BCUT2D eigenvalue weighted by atomic mass is 35.5. The van der Waals surface area contributed by atoms with Crippen LogP contribution in [-0.2, 0) is 19.0 Å². The number of hydrogen-bond acceptors (Lipinski definition) is 8. The molecule has 0 saturated carbocycles. The summed E-state index contributed by atoms with van der Waals surface area (Å²) in [7, 11) is -4.12. The summed E-state index contributed by atoms with van der Waals surface area (Å²) in [5.74, 6) is 0. The number of piperidine rings is 1. The Morgan fingerprint density at radius 1 is 1.12 bits per heavy atom. The molecule has 0 spiro atoms. The molecule has 1 unspecified atom stereocenters. The number of morpholine rings is 1. The number of rotatable bonds is 7. The lowest BCUT2D eigenvalue weighted by molar-refractivity contribution is -0.385. The predicted octanol–water partition coefficient (Wildman–Crippen LogP) is 3.32. The van der Waals surface area contributed by atoms with Crippen LogP contribution in [0, 0.1) is 10.1 Å². The van der Waals surface area contributed by atoms with E-state index in [1.54, 1.807) is 0 Å². The minimum absolute atomic E-state index is 0.134. The summed E-state index contributed by atoms with van der Waals surface area (Å²) in [6.07, 6.45) is 1.62. The highest BCUT2D eigenvalue weighted by molar-refractivity contribution is 7.86. The molecule has 0 aromatic heterocycles. The first-order chi connectivity index (χ1) is 15.8. The Bertz CT molecular complexity index is 1070. The van der Waals surface area contributed by atoms with Crippen molar-refractivity contribution in [3.8, 4) is 0 Å². The Balaban J connectivity index is 1.29. The average Bonchev–Trinajstić information content (AvgIpc) is 2.84. The Kier molecular flexibility index (Phi) is 7.50. The lowest BCUT2D eigenvalue weighted by Crippen LogP contribution is -2.52. The molecule has 33 heavy (non-hydrogen) atoms. The average molecular weight is 496 g/mol. The third-order valence-electron chi connectivity index (χ3n) is 6.07. The molecule has 0 N–H and O–H groups in total. The fourth-order valence-electron chi connectivity index (χ4n) is 4.30. The largest absolute Gasteiger partial charge is 0.373 e. The van der Waals surface area contributed by atoms with E-state index in [2.05, 4.69) is 9.80 Å². The summed E-state index contributed by atoms with van der Waals surface area (Å²) >= 11 is 5.99. The molecule has 2 heterocycles. The number of nitrogens with zero attached hydrogens (tertiary/aromatic N) is 3. The molecule has 9 nitrogen and oxygen atoms in total. The third-order valence-corrected chi connectivity index (χ3v) is 7.60. The third kappa shape index (κ3) is 6.01. The Hall–Kier alpha value is -2.24. The fraction of sp³-hybridized carbons (Fsp3) is 0.455. The van der Waals surface area contributed by atoms with Crippen molar-refractivity contribution in [2.75, 3.05) is 44.3 Å². The number of halogens is 1. The molecule has 2 aromatic rings. The molecule has 0 amide bonds. The number of ether oxygens (including phenoxy) is 1. The van der Waals surface area contributed by atoms with Crippen molar-refractivity contribution in [3.05, 3.63) is 63.7 Å². The zero-order valence-electron chi connectivity index (χ0n) is 18.0. The number of hydrogen-bond donors (Lipinski definition) is 0. The molecule has 0 radical (unpaired) electrons. The standard InChI is InChI=1S/C22H26ClN3O6S/c23-17-4-6-18(7-5-17)24-10-8-19(9-11-24)25-12-13-31-21(15-25)16-32-33(29,30)22-3-1-2-20(14-22)26(27)28/h1-7,14,19,21H,8-13,15-16H2. The van der Waals surface area contributed by atoms with E-state index in [9.17, 15) is 18.5 Å². The van der Waals surface area contributed by atoms with Crippen LogP contribution in [-0.4, -0.2) is 69.8 Å². The zero-order chi connectivity index (χ0) is 23.4. The molecular weight excluding hydrogens is 470 g/mol. The smallest absolute Gasteiger partial charge is 0.297 e. The van der Waals surface area contributed by atoms with Crippen LogP contribution in [0.15, 0.2) is 53.4 Å². The van der Waals surface area contributed by atoms with E-state index < -0.39 is 15.0 Å². The summed E-state index contributed by atoms with van der Waals surface area (Å²) in [5, 5.41) is 11.6. The number of nitro groups is 1. The summed E-state index contributed by atoms with van der Waals surface area (Å²) in [6.45, 7) is 3.61. The molecule has 11 heteroatoms. The minimum atomic E-state index is -4.12. The second kappa shape index (κ2) is 10.4. The normalized spacial score (nSPS) is 20.6. The van der Waals surface area contributed by atoms with Gasteiger partial charge in [0.25, 0.3) is 15.8 Å². The van der Waals surface area contributed by atoms with Gasteiger partial charge in [0.2, 0.25) is 0 Å². The van der Waals surface area contributed by atoms with Crippen molar-refractivity contribution in [2.24, 2.45) is 0 Å². The van der Waals surface area contributed by atoms with Gasteiger partial charge < -0.3 is 9.64 Å². The number of benzene rings is 2. The summed E-state index contributed by atoms with van der Waals surface area (Å²) < 4.78 is 35.9. The van der Waals surface area contributed by atoms with E-state index in [1.165, 1.54) is 18.2 Å². The first-order valence-electron chi connectivity index (χ1n) is 10.8. The van der Waals surface area contributed by atoms with Gasteiger partial charge in [0.15, 0.2) is 0 Å². The van der Waals surface area contributed by atoms with Gasteiger partial charge in [-0.1, -0.05) is 17.7 Å². The molecule has 2 saturated heterocycles. The first-order valence-corrected chi connectivity index (χ1v) is 12.6. The Labute approximate surface area is 198 Å². The van der Waals surface area contributed by atoms with Crippen molar-refractivity contribution < 1.29 is 22.3 Å². The van der Waals surface area contributed by atoms with E-state index >= 15 is 0 Å². The second-order valence-corrected chi connectivity index (χ2v) is 10.2. The SMILES string of the molecule is O=[N+]([O-])c1cccc(S(=O)(=O)OCC2CN(C3CCN(c4ccc(Cl)cc4)CC3)CCO2)c1. The van der Waals surface area contributed by atoms with Crippen molar-refractivity contribution in [1.29, 1.82) is 0 Å². The second-order valence-electron chi connectivity index (χ2n) is 8.18. The maximum absolute atomic E-state index is 12.5. The molecule has 1 atom stereocenters. The zero-order valence-corrected chi connectivity index (χ0v) is 19.6. The summed E-state index contributed by atoms with van der Waals surface area (Å²) in [6, 6.07) is 13.1. The van der Waals surface area contributed by atoms with Gasteiger partial charge in [-0.15, -0.1) is 0 Å². The van der Waals surface area contributed by atoms with Crippen LogP contribution in [0.1, 0.15) is 12.8 Å². The van der Waals surface area contributed by atoms with E-state index in [-0.39, 0.29) is 23.3 Å². The van der Waals surface area contributed by atoms with E-state index in [4.69, 9.17) is 20.5 Å². The highest BCUT2D eigenvalue weighted by Gasteiger charge is 2.31. The topological polar surface area (TPSA) is 102 Å². The van der Waals surface area contributed by atoms with Gasteiger partial charge in [-0.05, 0) is 43.2 Å². The lowest BCUT2D eigenvalue weighted by atomic mass is 10.0. The summed E-state index contributed by atoms with van der Waals surface area (Å²) in [5.41, 5.74) is 0.863. The van der Waals surface area contributed by atoms with Gasteiger partial charge in [-0.25, -0.2) is 0 Å². The highest BCUT2D eigenvalue weighted by Crippen LogP contribution is 2.26. The van der Waals surface area contributed by atoms with Crippen LogP contribution >= 0.6 is 11.6 Å². The van der Waals surface area contributed by atoms with Gasteiger partial charge in [-0.2, -0.15) is 8.42 Å². The van der Waals surface area contributed by atoms with Gasteiger partial charge in [-0.3, -0.25) is 19.2 Å². The molecule has 2 aliphatic rings. The number of nitro benzene ring substituents is 1. The van der Waals surface area contributed by atoms with Crippen LogP contribution in [0.5, 0.6) is 0 Å². The van der Waals surface area contributed by atoms with Crippen molar-refractivity contribution in [1.82, 2.24) is 4.90 Å². The van der Waals surface area contributed by atoms with Gasteiger partial charge in [0.05, 0.1) is 24.2 Å². The molecule has 0 bridgehead atoms. The molecule has 4 rings (SSSR count).